The van der Waals surface area contributed by atoms with Crippen molar-refractivity contribution in [3.8, 4) is 11.4 Å². The van der Waals surface area contributed by atoms with E-state index in [-0.39, 0.29) is 0 Å². The summed E-state index contributed by atoms with van der Waals surface area (Å²) in [6, 6.07) is 23.1. The van der Waals surface area contributed by atoms with Gasteiger partial charge in [-0.05, 0) is 44.2 Å². The first-order chi connectivity index (χ1) is 17.4. The van der Waals surface area contributed by atoms with Crippen LogP contribution in [0, 0.1) is 13.8 Å². The summed E-state index contributed by atoms with van der Waals surface area (Å²) in [6.07, 6.45) is 0. The number of benzene rings is 3. The number of nitrogens with zero attached hydrogens (tertiary/aromatic N) is 6. The van der Waals surface area contributed by atoms with Crippen LogP contribution in [0.3, 0.4) is 0 Å². The molecule has 3 heterocycles. The van der Waals surface area contributed by atoms with Gasteiger partial charge >= 0.3 is 0 Å². The van der Waals surface area contributed by atoms with E-state index in [0.717, 1.165) is 45.0 Å². The predicted octanol–water partition coefficient (Wildman–Crippen LogP) is 4.07. The molecule has 1 aliphatic heterocycles. The summed E-state index contributed by atoms with van der Waals surface area (Å²) in [5.74, 6) is 1.44. The van der Waals surface area contributed by atoms with Gasteiger partial charge in [0.05, 0.1) is 10.4 Å². The van der Waals surface area contributed by atoms with Gasteiger partial charge in [0.15, 0.2) is 11.5 Å². The Bertz CT molecular complexity index is 1690. The van der Waals surface area contributed by atoms with Crippen molar-refractivity contribution in [1.82, 2.24) is 23.9 Å². The fourth-order valence-electron chi connectivity index (χ4n) is 4.74. The summed E-state index contributed by atoms with van der Waals surface area (Å²) in [5.41, 5.74) is 4.69. The number of aromatic nitrogens is 4. The van der Waals surface area contributed by atoms with Gasteiger partial charge in [0, 0.05) is 37.1 Å². The zero-order valence-corrected chi connectivity index (χ0v) is 21.0. The number of fused-ring (bicyclic) bond motifs is 3. The quantitative estimate of drug-likeness (QED) is 0.371. The zero-order valence-electron chi connectivity index (χ0n) is 20.2. The molecule has 5 aromatic rings. The Balaban J connectivity index is 1.40. The standard InChI is InChI=1S/C27H26N6O2S/c1-19-10-12-22(13-11-19)36(34,35)32-16-14-31(15-17-32)27-28-24-9-4-3-8-23(24)26-30-29-25(33(26)27)21-7-5-6-20(2)18-21/h3-13,18H,14-17H2,1-2H3. The van der Waals surface area contributed by atoms with Gasteiger partial charge in [-0.3, -0.25) is 0 Å². The van der Waals surface area contributed by atoms with Crippen molar-refractivity contribution in [3.63, 3.8) is 0 Å². The summed E-state index contributed by atoms with van der Waals surface area (Å²) in [6.45, 7) is 5.76. The second-order valence-corrected chi connectivity index (χ2v) is 11.1. The molecule has 3 aromatic carbocycles. The Kier molecular flexibility index (Phi) is 5.46. The topological polar surface area (TPSA) is 83.7 Å². The van der Waals surface area contributed by atoms with Crippen molar-refractivity contribution in [3.05, 3.63) is 83.9 Å². The molecule has 0 atom stereocenters. The number of aryl methyl sites for hydroxylation is 2. The first kappa shape index (κ1) is 22.6. The third kappa shape index (κ3) is 3.81. The molecule has 1 saturated heterocycles. The molecule has 8 nitrogen and oxygen atoms in total. The summed E-state index contributed by atoms with van der Waals surface area (Å²) in [5, 5.41) is 10.0. The molecule has 0 bridgehead atoms. The minimum Gasteiger partial charge on any atom is -0.339 e. The van der Waals surface area contributed by atoms with Crippen LogP contribution in [-0.4, -0.2) is 58.5 Å². The first-order valence-corrected chi connectivity index (χ1v) is 13.4. The van der Waals surface area contributed by atoms with Crippen LogP contribution in [0.25, 0.3) is 27.9 Å². The molecule has 0 unspecified atom stereocenters. The van der Waals surface area contributed by atoms with Gasteiger partial charge < -0.3 is 4.90 Å². The maximum atomic E-state index is 13.2. The number of sulfonamides is 1. The van der Waals surface area contributed by atoms with Crippen molar-refractivity contribution in [2.45, 2.75) is 18.7 Å². The molecular weight excluding hydrogens is 472 g/mol. The molecule has 0 spiro atoms. The second kappa shape index (κ2) is 8.69. The van der Waals surface area contributed by atoms with E-state index in [9.17, 15) is 8.42 Å². The van der Waals surface area contributed by atoms with E-state index < -0.39 is 10.0 Å². The number of piperazine rings is 1. The lowest BCUT2D eigenvalue weighted by Crippen LogP contribution is -2.49. The summed E-state index contributed by atoms with van der Waals surface area (Å²) in [4.78, 5) is 7.46. The lowest BCUT2D eigenvalue weighted by Gasteiger charge is -2.35. The zero-order chi connectivity index (χ0) is 24.9. The van der Waals surface area contributed by atoms with E-state index in [2.05, 4.69) is 34.2 Å². The van der Waals surface area contributed by atoms with Gasteiger partial charge in [0.25, 0.3) is 0 Å². The third-order valence-corrected chi connectivity index (χ3v) is 8.60. The number of rotatable bonds is 4. The average molecular weight is 499 g/mol. The van der Waals surface area contributed by atoms with Crippen molar-refractivity contribution in [2.24, 2.45) is 0 Å². The normalized spacial score (nSPS) is 15.1. The van der Waals surface area contributed by atoms with Crippen LogP contribution in [0.1, 0.15) is 11.1 Å². The maximum absolute atomic E-state index is 13.2. The molecule has 6 rings (SSSR count). The largest absolute Gasteiger partial charge is 0.339 e. The molecule has 1 aliphatic rings. The Labute approximate surface area is 209 Å². The Morgan fingerprint density at radius 1 is 0.778 bits per heavy atom. The Hall–Kier alpha value is -3.82. The van der Waals surface area contributed by atoms with E-state index in [1.165, 1.54) is 0 Å². The predicted molar refractivity (Wildman–Crippen MR) is 141 cm³/mol. The highest BCUT2D eigenvalue weighted by molar-refractivity contribution is 7.89. The lowest BCUT2D eigenvalue weighted by molar-refractivity contribution is 0.382. The number of anilines is 1. The highest BCUT2D eigenvalue weighted by Gasteiger charge is 2.30. The summed E-state index contributed by atoms with van der Waals surface area (Å²) < 4.78 is 30.0. The van der Waals surface area contributed by atoms with Gasteiger partial charge in [-0.15, -0.1) is 10.2 Å². The van der Waals surface area contributed by atoms with Gasteiger partial charge in [-0.25, -0.2) is 17.8 Å². The molecule has 2 aromatic heterocycles. The molecule has 9 heteroatoms. The molecule has 36 heavy (non-hydrogen) atoms. The van der Waals surface area contributed by atoms with E-state index in [1.54, 1.807) is 16.4 Å². The van der Waals surface area contributed by atoms with Crippen LogP contribution in [0.5, 0.6) is 0 Å². The Morgan fingerprint density at radius 3 is 2.28 bits per heavy atom. The minimum atomic E-state index is -3.55. The summed E-state index contributed by atoms with van der Waals surface area (Å²) >= 11 is 0. The van der Waals surface area contributed by atoms with Crippen LogP contribution < -0.4 is 4.90 Å². The van der Waals surface area contributed by atoms with Gasteiger partial charge in [-0.1, -0.05) is 53.6 Å². The molecular formula is C27H26N6O2S. The monoisotopic (exact) mass is 498 g/mol. The lowest BCUT2D eigenvalue weighted by atomic mass is 10.1. The van der Waals surface area contributed by atoms with E-state index in [0.29, 0.717) is 31.1 Å². The SMILES string of the molecule is Cc1ccc(S(=O)(=O)N2CCN(c3nc4ccccc4c4nnc(-c5cccc(C)c5)n34)CC2)cc1. The highest BCUT2D eigenvalue weighted by atomic mass is 32.2. The third-order valence-electron chi connectivity index (χ3n) is 6.68. The molecule has 0 N–H and O–H groups in total. The number of para-hydroxylation sites is 1. The molecule has 1 fully saturated rings. The summed E-state index contributed by atoms with van der Waals surface area (Å²) in [7, 11) is -3.55. The fourth-order valence-corrected chi connectivity index (χ4v) is 6.16. The second-order valence-electron chi connectivity index (χ2n) is 9.19. The van der Waals surface area contributed by atoms with E-state index in [1.807, 2.05) is 59.9 Å². The van der Waals surface area contributed by atoms with Crippen LogP contribution in [0.2, 0.25) is 0 Å². The van der Waals surface area contributed by atoms with Crippen LogP contribution >= 0.6 is 0 Å². The van der Waals surface area contributed by atoms with Gasteiger partial charge in [0.1, 0.15) is 0 Å². The minimum absolute atomic E-state index is 0.327. The first-order valence-electron chi connectivity index (χ1n) is 11.9. The smallest absolute Gasteiger partial charge is 0.243 e. The maximum Gasteiger partial charge on any atom is 0.243 e. The molecule has 0 amide bonds. The van der Waals surface area contributed by atoms with Gasteiger partial charge in [0.2, 0.25) is 16.0 Å². The van der Waals surface area contributed by atoms with Crippen molar-refractivity contribution in [1.29, 1.82) is 0 Å². The molecule has 0 saturated carbocycles. The average Bonchev–Trinajstić information content (AvgIpc) is 3.34. The number of hydrogen-bond acceptors (Lipinski definition) is 6. The van der Waals surface area contributed by atoms with Crippen LogP contribution in [-0.2, 0) is 10.0 Å². The van der Waals surface area contributed by atoms with Crippen molar-refractivity contribution in [2.75, 3.05) is 31.1 Å². The molecule has 182 valence electrons. The van der Waals surface area contributed by atoms with Crippen LogP contribution in [0.4, 0.5) is 5.95 Å². The number of hydrogen-bond donors (Lipinski definition) is 0. The van der Waals surface area contributed by atoms with Crippen molar-refractivity contribution >= 4 is 32.5 Å². The highest BCUT2D eigenvalue weighted by Crippen LogP contribution is 2.30. The van der Waals surface area contributed by atoms with E-state index >= 15 is 0 Å². The fraction of sp³-hybridized carbons (Fsp3) is 0.222. The Morgan fingerprint density at radius 2 is 1.53 bits per heavy atom. The van der Waals surface area contributed by atoms with E-state index in [4.69, 9.17) is 4.98 Å². The molecule has 0 aliphatic carbocycles. The van der Waals surface area contributed by atoms with Crippen molar-refractivity contribution < 1.29 is 8.42 Å². The molecule has 0 radical (unpaired) electrons. The van der Waals surface area contributed by atoms with Gasteiger partial charge in [-0.2, -0.15) is 4.31 Å². The van der Waals surface area contributed by atoms with Crippen LogP contribution in [0.15, 0.2) is 77.7 Å².